The Bertz CT molecular complexity index is 625. The molecule has 0 unspecified atom stereocenters. The Labute approximate surface area is 154 Å². The van der Waals surface area contributed by atoms with Crippen molar-refractivity contribution in [1.29, 1.82) is 0 Å². The lowest BCUT2D eigenvalue weighted by atomic mass is 9.76. The largest absolute Gasteiger partial charge is 0.491 e. The maximum Gasteiger partial charge on any atom is 0.257 e. The molecule has 25 heavy (non-hydrogen) atoms. The van der Waals surface area contributed by atoms with E-state index >= 15 is 0 Å². The summed E-state index contributed by atoms with van der Waals surface area (Å²) in [7, 11) is 1.79. The number of carbonyl (C=O) groups excluding carboxylic acids is 1. The number of likely N-dealkylation sites (tertiary alicyclic amines) is 1. The van der Waals surface area contributed by atoms with Gasteiger partial charge in [-0.05, 0) is 43.9 Å². The molecule has 1 heterocycles. The van der Waals surface area contributed by atoms with E-state index in [1.54, 1.807) is 25.3 Å². The minimum atomic E-state index is -0.0182. The van der Waals surface area contributed by atoms with E-state index in [2.05, 4.69) is 0 Å². The molecule has 0 radical (unpaired) electrons. The zero-order valence-corrected chi connectivity index (χ0v) is 15.6. The summed E-state index contributed by atoms with van der Waals surface area (Å²) in [5, 5.41) is 0.533. The molecule has 1 saturated heterocycles. The van der Waals surface area contributed by atoms with Crippen molar-refractivity contribution >= 4 is 17.5 Å². The standard InChI is InChI=1S/C19H27ClN2O3/c1-24-17-4-2-7-19(17)8-3-10-22(13-19)18(23)15-12-14(20)5-6-16(15)25-11-9-21/h5-6,12,17H,2-4,7-11,13,21H2,1H3/t17-,19+/m1/s1. The molecular weight excluding hydrogens is 340 g/mol. The van der Waals surface area contributed by atoms with Crippen molar-refractivity contribution in [2.75, 3.05) is 33.4 Å². The Morgan fingerprint density at radius 1 is 1.40 bits per heavy atom. The number of benzene rings is 1. The van der Waals surface area contributed by atoms with Crippen LogP contribution < -0.4 is 10.5 Å². The van der Waals surface area contributed by atoms with E-state index in [1.807, 2.05) is 4.90 Å². The van der Waals surface area contributed by atoms with Crippen LogP contribution in [-0.4, -0.2) is 50.3 Å². The second kappa shape index (κ2) is 7.94. The van der Waals surface area contributed by atoms with Crippen LogP contribution in [0.1, 0.15) is 42.5 Å². The van der Waals surface area contributed by atoms with Gasteiger partial charge >= 0.3 is 0 Å². The monoisotopic (exact) mass is 366 g/mol. The molecule has 1 aliphatic carbocycles. The van der Waals surface area contributed by atoms with Gasteiger partial charge in [0, 0.05) is 37.2 Å². The average Bonchev–Trinajstić information content (AvgIpc) is 3.01. The molecular formula is C19H27ClN2O3. The topological polar surface area (TPSA) is 64.8 Å². The summed E-state index contributed by atoms with van der Waals surface area (Å²) >= 11 is 6.13. The van der Waals surface area contributed by atoms with Gasteiger partial charge in [-0.3, -0.25) is 4.79 Å². The molecule has 1 saturated carbocycles. The highest BCUT2D eigenvalue weighted by Crippen LogP contribution is 2.46. The van der Waals surface area contributed by atoms with Crippen LogP contribution in [0.3, 0.4) is 0 Å². The number of methoxy groups -OCH3 is 1. The molecule has 0 bridgehead atoms. The normalized spacial score (nSPS) is 26.2. The molecule has 1 aliphatic heterocycles. The number of halogens is 1. The second-order valence-electron chi connectivity index (χ2n) is 7.09. The van der Waals surface area contributed by atoms with Crippen molar-refractivity contribution < 1.29 is 14.3 Å². The van der Waals surface area contributed by atoms with Crippen LogP contribution in [0.2, 0.25) is 5.02 Å². The highest BCUT2D eigenvalue weighted by molar-refractivity contribution is 6.31. The van der Waals surface area contributed by atoms with E-state index in [-0.39, 0.29) is 17.4 Å². The predicted molar refractivity (Wildman–Crippen MR) is 98.2 cm³/mol. The second-order valence-corrected chi connectivity index (χ2v) is 7.52. The maximum atomic E-state index is 13.2. The molecule has 1 aromatic carbocycles. The van der Waals surface area contributed by atoms with Crippen LogP contribution in [0.5, 0.6) is 5.75 Å². The van der Waals surface area contributed by atoms with E-state index < -0.39 is 0 Å². The first-order valence-electron chi connectivity index (χ1n) is 9.04. The molecule has 0 aromatic heterocycles. The molecule has 1 spiro atoms. The molecule has 2 aliphatic rings. The minimum Gasteiger partial charge on any atom is -0.491 e. The highest BCUT2D eigenvalue weighted by atomic mass is 35.5. The average molecular weight is 367 g/mol. The smallest absolute Gasteiger partial charge is 0.257 e. The van der Waals surface area contributed by atoms with Crippen LogP contribution in [0.25, 0.3) is 0 Å². The first-order valence-corrected chi connectivity index (χ1v) is 9.42. The fourth-order valence-corrected chi connectivity index (χ4v) is 4.58. The summed E-state index contributed by atoms with van der Waals surface area (Å²) in [5.41, 5.74) is 6.14. The third kappa shape index (κ3) is 3.78. The number of nitrogens with zero attached hydrogens (tertiary/aromatic N) is 1. The Morgan fingerprint density at radius 2 is 2.20 bits per heavy atom. The molecule has 6 heteroatoms. The lowest BCUT2D eigenvalue weighted by Gasteiger charge is -2.43. The summed E-state index contributed by atoms with van der Waals surface area (Å²) in [6.45, 7) is 2.28. The summed E-state index contributed by atoms with van der Waals surface area (Å²) in [6, 6.07) is 5.18. The summed E-state index contributed by atoms with van der Waals surface area (Å²) in [5.74, 6) is 0.532. The lowest BCUT2D eigenvalue weighted by Crippen LogP contribution is -2.49. The molecule has 1 amide bonds. The maximum absolute atomic E-state index is 13.2. The zero-order chi connectivity index (χ0) is 17.9. The third-order valence-corrected chi connectivity index (χ3v) is 5.79. The summed E-state index contributed by atoms with van der Waals surface area (Å²) in [4.78, 5) is 15.1. The Hall–Kier alpha value is -1.30. The van der Waals surface area contributed by atoms with Gasteiger partial charge in [0.05, 0.1) is 11.7 Å². The predicted octanol–water partition coefficient (Wildman–Crippen LogP) is 3.10. The Morgan fingerprint density at radius 3 is 2.96 bits per heavy atom. The van der Waals surface area contributed by atoms with Crippen LogP contribution >= 0.6 is 11.6 Å². The van der Waals surface area contributed by atoms with Crippen molar-refractivity contribution in [2.24, 2.45) is 11.1 Å². The molecule has 3 rings (SSSR count). The number of nitrogens with two attached hydrogens (primary N) is 1. The van der Waals surface area contributed by atoms with Crippen LogP contribution in [-0.2, 0) is 4.74 Å². The van der Waals surface area contributed by atoms with Gasteiger partial charge in [-0.15, -0.1) is 0 Å². The first-order chi connectivity index (χ1) is 12.1. The quantitative estimate of drug-likeness (QED) is 0.869. The summed E-state index contributed by atoms with van der Waals surface area (Å²) in [6.07, 6.45) is 5.76. The van der Waals surface area contributed by atoms with Gasteiger partial charge in [0.2, 0.25) is 0 Å². The van der Waals surface area contributed by atoms with E-state index in [0.717, 1.165) is 38.8 Å². The number of carbonyl (C=O) groups is 1. The number of ether oxygens (including phenoxy) is 2. The molecule has 138 valence electrons. The van der Waals surface area contributed by atoms with Crippen LogP contribution in [0.4, 0.5) is 0 Å². The van der Waals surface area contributed by atoms with E-state index in [0.29, 0.717) is 29.5 Å². The number of hydrogen-bond donors (Lipinski definition) is 1. The number of amides is 1. The number of rotatable bonds is 5. The molecule has 1 aromatic rings. The fourth-order valence-electron chi connectivity index (χ4n) is 4.41. The molecule has 2 atom stereocenters. The van der Waals surface area contributed by atoms with Gasteiger partial charge in [-0.1, -0.05) is 18.0 Å². The number of hydrogen-bond acceptors (Lipinski definition) is 4. The minimum absolute atomic E-state index is 0.0182. The fraction of sp³-hybridized carbons (Fsp3) is 0.632. The van der Waals surface area contributed by atoms with E-state index in [4.69, 9.17) is 26.8 Å². The van der Waals surface area contributed by atoms with Gasteiger partial charge in [-0.25, -0.2) is 0 Å². The van der Waals surface area contributed by atoms with Crippen molar-refractivity contribution in [3.05, 3.63) is 28.8 Å². The Balaban J connectivity index is 1.82. The van der Waals surface area contributed by atoms with Gasteiger partial charge in [0.1, 0.15) is 12.4 Å². The van der Waals surface area contributed by atoms with E-state index in [1.165, 1.54) is 6.42 Å². The van der Waals surface area contributed by atoms with Crippen molar-refractivity contribution in [1.82, 2.24) is 4.90 Å². The Kier molecular flexibility index (Phi) is 5.87. The number of piperidine rings is 1. The van der Waals surface area contributed by atoms with Gasteiger partial charge in [0.15, 0.2) is 0 Å². The third-order valence-electron chi connectivity index (χ3n) is 5.55. The lowest BCUT2D eigenvalue weighted by molar-refractivity contribution is -0.0296. The van der Waals surface area contributed by atoms with Gasteiger partial charge < -0.3 is 20.1 Å². The van der Waals surface area contributed by atoms with Gasteiger partial charge in [-0.2, -0.15) is 0 Å². The molecule has 2 N–H and O–H groups in total. The SMILES string of the molecule is CO[C@@H]1CCC[C@@]12CCCN(C(=O)c1cc(Cl)ccc1OCCN)C2. The van der Waals surface area contributed by atoms with Crippen LogP contribution in [0, 0.1) is 5.41 Å². The summed E-state index contributed by atoms with van der Waals surface area (Å²) < 4.78 is 11.4. The van der Waals surface area contributed by atoms with Gasteiger partial charge in [0.25, 0.3) is 5.91 Å². The first kappa shape index (κ1) is 18.5. The van der Waals surface area contributed by atoms with Crippen molar-refractivity contribution in [3.63, 3.8) is 0 Å². The highest BCUT2D eigenvalue weighted by Gasteiger charge is 2.46. The van der Waals surface area contributed by atoms with Crippen molar-refractivity contribution in [3.8, 4) is 5.75 Å². The molecule has 2 fully saturated rings. The van der Waals surface area contributed by atoms with Crippen molar-refractivity contribution in [2.45, 2.75) is 38.2 Å². The van der Waals surface area contributed by atoms with E-state index in [9.17, 15) is 4.79 Å². The molecule has 5 nitrogen and oxygen atoms in total. The zero-order valence-electron chi connectivity index (χ0n) is 14.8. The van der Waals surface area contributed by atoms with Crippen LogP contribution in [0.15, 0.2) is 18.2 Å².